The highest BCUT2D eigenvalue weighted by Crippen LogP contribution is 2.37. The molecule has 0 aliphatic rings. The van der Waals surface area contributed by atoms with Gasteiger partial charge >= 0.3 is 6.18 Å². The molecule has 21 heavy (non-hydrogen) atoms. The maximum Gasteiger partial charge on any atom is 0.418 e. The molecule has 2 aromatic heterocycles. The van der Waals surface area contributed by atoms with Gasteiger partial charge in [0.15, 0.2) is 0 Å². The largest absolute Gasteiger partial charge is 0.418 e. The number of para-hydroxylation sites is 1. The van der Waals surface area contributed by atoms with Crippen LogP contribution in [0.5, 0.6) is 0 Å². The van der Waals surface area contributed by atoms with Crippen LogP contribution in [0.2, 0.25) is 0 Å². The minimum absolute atomic E-state index is 0.0382. The molecule has 3 rings (SSSR count). The summed E-state index contributed by atoms with van der Waals surface area (Å²) in [6, 6.07) is 4.03. The fourth-order valence-electron chi connectivity index (χ4n) is 2.22. The number of hydrogen-bond acceptors (Lipinski definition) is 3. The number of nitrogen functional groups attached to an aromatic ring is 1. The van der Waals surface area contributed by atoms with Crippen LogP contribution in [0.3, 0.4) is 0 Å². The van der Waals surface area contributed by atoms with E-state index in [2.05, 4.69) is 15.0 Å². The summed E-state index contributed by atoms with van der Waals surface area (Å²) >= 11 is 0. The second-order valence-electron chi connectivity index (χ2n) is 4.65. The third-order valence-corrected chi connectivity index (χ3v) is 3.28. The molecule has 0 atom stereocenters. The van der Waals surface area contributed by atoms with Gasteiger partial charge in [0.25, 0.3) is 0 Å². The van der Waals surface area contributed by atoms with Gasteiger partial charge < -0.3 is 10.7 Å². The Bertz CT molecular complexity index is 821. The van der Waals surface area contributed by atoms with Crippen LogP contribution in [0.25, 0.3) is 22.2 Å². The molecule has 0 fully saturated rings. The van der Waals surface area contributed by atoms with Gasteiger partial charge in [0.05, 0.1) is 28.7 Å². The van der Waals surface area contributed by atoms with E-state index in [4.69, 9.17) is 5.73 Å². The Morgan fingerprint density at radius 2 is 2.00 bits per heavy atom. The monoisotopic (exact) mass is 292 g/mol. The number of H-pyrrole nitrogens is 1. The molecule has 0 spiro atoms. The lowest BCUT2D eigenvalue weighted by atomic mass is 10.1. The average molecular weight is 292 g/mol. The Balaban J connectivity index is 2.23. The maximum atomic E-state index is 13.0. The third kappa shape index (κ3) is 2.20. The van der Waals surface area contributed by atoms with Gasteiger partial charge in [0.1, 0.15) is 5.82 Å². The summed E-state index contributed by atoms with van der Waals surface area (Å²) in [6.45, 7) is 1.70. The van der Waals surface area contributed by atoms with Crippen LogP contribution in [0.4, 0.5) is 19.0 Å². The van der Waals surface area contributed by atoms with Crippen molar-refractivity contribution in [1.82, 2.24) is 15.0 Å². The quantitative estimate of drug-likeness (QED) is 0.721. The predicted molar refractivity (Wildman–Crippen MR) is 73.5 cm³/mol. The molecule has 3 N–H and O–H groups in total. The molecule has 0 amide bonds. The molecule has 0 aliphatic heterocycles. The summed E-state index contributed by atoms with van der Waals surface area (Å²) in [5.41, 5.74) is 6.52. The van der Waals surface area contributed by atoms with Gasteiger partial charge in [-0.1, -0.05) is 12.1 Å². The maximum absolute atomic E-state index is 13.0. The molecule has 4 nitrogen and oxygen atoms in total. The molecular weight excluding hydrogens is 281 g/mol. The minimum Gasteiger partial charge on any atom is -0.382 e. The first-order chi connectivity index (χ1) is 9.88. The van der Waals surface area contributed by atoms with E-state index in [-0.39, 0.29) is 5.52 Å². The fourth-order valence-corrected chi connectivity index (χ4v) is 2.22. The van der Waals surface area contributed by atoms with Crippen LogP contribution in [0.15, 0.2) is 30.6 Å². The van der Waals surface area contributed by atoms with Crippen LogP contribution >= 0.6 is 0 Å². The van der Waals surface area contributed by atoms with Crippen molar-refractivity contribution in [3.63, 3.8) is 0 Å². The van der Waals surface area contributed by atoms with Crippen molar-refractivity contribution < 1.29 is 13.2 Å². The number of nitrogens with two attached hydrogens (primary N) is 1. The zero-order valence-electron chi connectivity index (χ0n) is 11.0. The Kier molecular flexibility index (Phi) is 2.86. The van der Waals surface area contributed by atoms with Gasteiger partial charge in [-0.2, -0.15) is 13.2 Å². The zero-order chi connectivity index (χ0) is 15.2. The van der Waals surface area contributed by atoms with Crippen molar-refractivity contribution in [2.45, 2.75) is 13.1 Å². The van der Waals surface area contributed by atoms with Crippen LogP contribution < -0.4 is 5.73 Å². The van der Waals surface area contributed by atoms with E-state index in [1.54, 1.807) is 13.0 Å². The number of aromatic nitrogens is 3. The number of rotatable bonds is 1. The van der Waals surface area contributed by atoms with Crippen molar-refractivity contribution in [1.29, 1.82) is 0 Å². The number of fused-ring (bicyclic) bond motifs is 1. The molecule has 0 bridgehead atoms. The number of anilines is 1. The number of aryl methyl sites for hydroxylation is 1. The Hall–Kier alpha value is -2.57. The van der Waals surface area contributed by atoms with Crippen molar-refractivity contribution in [2.75, 3.05) is 5.73 Å². The number of nitrogens with one attached hydrogen (secondary N) is 1. The van der Waals surface area contributed by atoms with Crippen LogP contribution in [-0.2, 0) is 6.18 Å². The van der Waals surface area contributed by atoms with E-state index in [1.165, 1.54) is 18.5 Å². The highest BCUT2D eigenvalue weighted by Gasteiger charge is 2.33. The Morgan fingerprint density at radius 1 is 1.24 bits per heavy atom. The van der Waals surface area contributed by atoms with E-state index in [9.17, 15) is 13.2 Å². The lowest BCUT2D eigenvalue weighted by molar-refractivity contribution is -0.136. The summed E-state index contributed by atoms with van der Waals surface area (Å²) in [5, 5.41) is 0.447. The van der Waals surface area contributed by atoms with Gasteiger partial charge in [-0.05, 0) is 13.0 Å². The Morgan fingerprint density at radius 3 is 2.67 bits per heavy atom. The molecule has 3 aromatic rings. The summed E-state index contributed by atoms with van der Waals surface area (Å²) in [6.07, 6.45) is -1.46. The first kappa shape index (κ1) is 13.4. The van der Waals surface area contributed by atoms with Crippen molar-refractivity contribution in [3.05, 3.63) is 41.9 Å². The highest BCUT2D eigenvalue weighted by molar-refractivity contribution is 5.96. The number of aromatic amines is 1. The van der Waals surface area contributed by atoms with E-state index in [1.807, 2.05) is 0 Å². The lowest BCUT2D eigenvalue weighted by Crippen LogP contribution is -2.05. The Labute approximate surface area is 117 Å². The van der Waals surface area contributed by atoms with Gasteiger partial charge in [-0.25, -0.2) is 9.97 Å². The second-order valence-corrected chi connectivity index (χ2v) is 4.65. The summed E-state index contributed by atoms with van der Waals surface area (Å²) in [4.78, 5) is 10.9. The summed E-state index contributed by atoms with van der Waals surface area (Å²) in [5.74, 6) is 0.301. The summed E-state index contributed by atoms with van der Waals surface area (Å²) in [7, 11) is 0. The van der Waals surface area contributed by atoms with Crippen molar-refractivity contribution in [3.8, 4) is 11.3 Å². The first-order valence-electron chi connectivity index (χ1n) is 6.14. The molecule has 0 saturated carbocycles. The van der Waals surface area contributed by atoms with E-state index in [0.29, 0.717) is 28.2 Å². The number of alkyl halides is 3. The number of halogens is 3. The molecule has 7 heteroatoms. The standard InChI is InChI=1S/C14H11F3N4/c1-7-13(18)20-6-11(21-7)9-5-19-12-8(9)3-2-4-10(12)14(15,16)17/h2-6,19H,1H3,(H2,18,20). The van der Waals surface area contributed by atoms with Crippen molar-refractivity contribution >= 4 is 16.7 Å². The zero-order valence-corrected chi connectivity index (χ0v) is 11.0. The van der Waals surface area contributed by atoms with Crippen molar-refractivity contribution in [2.24, 2.45) is 0 Å². The molecule has 2 heterocycles. The minimum atomic E-state index is -4.41. The normalized spacial score (nSPS) is 12.0. The van der Waals surface area contributed by atoms with Gasteiger partial charge in [0.2, 0.25) is 0 Å². The smallest absolute Gasteiger partial charge is 0.382 e. The van der Waals surface area contributed by atoms with E-state index in [0.717, 1.165) is 6.07 Å². The van der Waals surface area contributed by atoms with Crippen LogP contribution in [0, 0.1) is 6.92 Å². The summed E-state index contributed by atoms with van der Waals surface area (Å²) < 4.78 is 38.9. The topological polar surface area (TPSA) is 67.6 Å². The van der Waals surface area contributed by atoms with Crippen LogP contribution in [0.1, 0.15) is 11.3 Å². The molecule has 1 aromatic carbocycles. The highest BCUT2D eigenvalue weighted by atomic mass is 19.4. The molecule has 108 valence electrons. The van der Waals surface area contributed by atoms with Gasteiger partial charge in [-0.3, -0.25) is 0 Å². The second kappa shape index (κ2) is 4.47. The third-order valence-electron chi connectivity index (χ3n) is 3.28. The number of hydrogen-bond donors (Lipinski definition) is 2. The fraction of sp³-hybridized carbons (Fsp3) is 0.143. The molecule has 0 aliphatic carbocycles. The van der Waals surface area contributed by atoms with E-state index >= 15 is 0 Å². The first-order valence-corrected chi connectivity index (χ1v) is 6.14. The molecule has 0 radical (unpaired) electrons. The predicted octanol–water partition coefficient (Wildman–Crippen LogP) is 3.53. The van der Waals surface area contributed by atoms with Crippen LogP contribution in [-0.4, -0.2) is 15.0 Å². The number of benzene rings is 1. The molecule has 0 unspecified atom stereocenters. The van der Waals surface area contributed by atoms with E-state index < -0.39 is 11.7 Å². The molecular formula is C14H11F3N4. The van der Waals surface area contributed by atoms with Gasteiger partial charge in [0, 0.05) is 17.1 Å². The number of nitrogens with zero attached hydrogens (tertiary/aromatic N) is 2. The average Bonchev–Trinajstić information content (AvgIpc) is 2.84. The lowest BCUT2D eigenvalue weighted by Gasteiger charge is -2.08. The van der Waals surface area contributed by atoms with Gasteiger partial charge in [-0.15, -0.1) is 0 Å². The SMILES string of the molecule is Cc1nc(-c2c[nH]c3c(C(F)(F)F)cccc23)cnc1N. The molecule has 0 saturated heterocycles.